The van der Waals surface area contributed by atoms with Crippen molar-refractivity contribution in [1.29, 1.82) is 0 Å². The van der Waals surface area contributed by atoms with E-state index in [1.54, 1.807) is 19.3 Å². The molecule has 1 aliphatic carbocycles. The lowest BCUT2D eigenvalue weighted by atomic mass is 9.86. The number of halogens is 1. The minimum atomic E-state index is -0.785. The van der Waals surface area contributed by atoms with E-state index in [0.717, 1.165) is 33.6 Å². The van der Waals surface area contributed by atoms with Crippen molar-refractivity contribution in [1.82, 2.24) is 14.9 Å². The van der Waals surface area contributed by atoms with Gasteiger partial charge in [-0.3, -0.25) is 14.4 Å². The second kappa shape index (κ2) is 10.8. The average molecular weight is 562 g/mol. The van der Waals surface area contributed by atoms with Crippen molar-refractivity contribution >= 4 is 34.4 Å². The van der Waals surface area contributed by atoms with Crippen molar-refractivity contribution in [3.63, 3.8) is 0 Å². The highest BCUT2D eigenvalue weighted by atomic mass is 35.5. The van der Waals surface area contributed by atoms with Gasteiger partial charge in [0, 0.05) is 35.3 Å². The molecule has 0 unspecified atom stereocenters. The van der Waals surface area contributed by atoms with Crippen LogP contribution in [0, 0.1) is 26.7 Å². The van der Waals surface area contributed by atoms with Gasteiger partial charge in [-0.15, -0.1) is 0 Å². The van der Waals surface area contributed by atoms with E-state index in [9.17, 15) is 19.5 Å². The highest BCUT2D eigenvalue weighted by molar-refractivity contribution is 6.30. The summed E-state index contributed by atoms with van der Waals surface area (Å²) in [7, 11) is 1.68. The first-order chi connectivity index (χ1) is 19.0. The Morgan fingerprint density at radius 1 is 1.02 bits per heavy atom. The van der Waals surface area contributed by atoms with Crippen LogP contribution >= 0.6 is 11.6 Å². The molecule has 3 N–H and O–H groups in total. The van der Waals surface area contributed by atoms with Gasteiger partial charge in [0.25, 0.3) is 11.5 Å². The summed E-state index contributed by atoms with van der Waals surface area (Å²) in [6.45, 7) is 5.88. The van der Waals surface area contributed by atoms with Crippen LogP contribution in [0.25, 0.3) is 22.0 Å². The lowest BCUT2D eigenvalue weighted by Gasteiger charge is -2.26. The number of pyridine rings is 1. The van der Waals surface area contributed by atoms with Gasteiger partial charge in [-0.05, 0) is 99.0 Å². The van der Waals surface area contributed by atoms with Crippen LogP contribution in [0.2, 0.25) is 5.02 Å². The lowest BCUT2D eigenvalue weighted by Crippen LogP contribution is -2.38. The number of fused-ring (bicyclic) bond motifs is 1. The maximum atomic E-state index is 13.1. The van der Waals surface area contributed by atoms with Crippen molar-refractivity contribution < 1.29 is 19.4 Å². The first kappa shape index (κ1) is 27.5. The molecule has 1 aliphatic rings. The van der Waals surface area contributed by atoms with Crippen LogP contribution < -0.4 is 15.6 Å². The minimum absolute atomic E-state index is 0.104. The molecule has 4 aromatic rings. The zero-order valence-corrected chi connectivity index (χ0v) is 23.7. The van der Waals surface area contributed by atoms with E-state index < -0.39 is 5.97 Å². The Kier molecular flexibility index (Phi) is 7.47. The molecule has 2 aromatic heterocycles. The molecule has 9 heteroatoms. The number of ether oxygens (including phenoxy) is 1. The molecule has 40 heavy (non-hydrogen) atoms. The fourth-order valence-electron chi connectivity index (χ4n) is 5.57. The molecule has 2 heterocycles. The van der Waals surface area contributed by atoms with Gasteiger partial charge >= 0.3 is 5.97 Å². The van der Waals surface area contributed by atoms with E-state index in [1.807, 2.05) is 51.1 Å². The number of carboxylic acid groups (broad SMARTS) is 1. The number of carbonyl (C=O) groups excluding carboxylic acids is 1. The molecule has 0 spiro atoms. The van der Waals surface area contributed by atoms with E-state index in [0.29, 0.717) is 47.4 Å². The van der Waals surface area contributed by atoms with Gasteiger partial charge in [-0.25, -0.2) is 0 Å². The van der Waals surface area contributed by atoms with Gasteiger partial charge in [0.2, 0.25) is 0 Å². The standard InChI is InChI=1S/C31H32ClN3O5/c1-16-9-20(13-23(10-16)40-28-17(2)11-21(32)12-18(28)3)25-15-35(4)30(37)27-24(25)14-26(34-27)29(36)33-22-7-5-19(6-8-22)31(38)39/h9-15,19,22,34H,5-8H2,1-4H3,(H,33,36)(H,38,39). The van der Waals surface area contributed by atoms with Gasteiger partial charge in [0.1, 0.15) is 22.7 Å². The fraction of sp³-hybridized carbons (Fsp3) is 0.323. The Hall–Kier alpha value is -4.04. The molecule has 0 bridgehead atoms. The van der Waals surface area contributed by atoms with Crippen molar-refractivity contribution in [2.24, 2.45) is 13.0 Å². The van der Waals surface area contributed by atoms with E-state index in [-0.39, 0.29) is 29.1 Å². The predicted molar refractivity (Wildman–Crippen MR) is 156 cm³/mol. The molecule has 1 saturated carbocycles. The number of hydrogen-bond donors (Lipinski definition) is 3. The van der Waals surface area contributed by atoms with Crippen LogP contribution in [0.5, 0.6) is 11.5 Å². The largest absolute Gasteiger partial charge is 0.481 e. The number of nitrogens with one attached hydrogen (secondary N) is 2. The lowest BCUT2D eigenvalue weighted by molar-refractivity contribution is -0.142. The second-order valence-electron chi connectivity index (χ2n) is 10.8. The van der Waals surface area contributed by atoms with Crippen molar-refractivity contribution in [3.8, 4) is 22.6 Å². The number of amides is 1. The summed E-state index contributed by atoms with van der Waals surface area (Å²) in [5.41, 5.74) is 4.85. The second-order valence-corrected chi connectivity index (χ2v) is 11.2. The Morgan fingerprint density at radius 3 is 2.35 bits per heavy atom. The molecule has 0 saturated heterocycles. The van der Waals surface area contributed by atoms with E-state index in [1.165, 1.54) is 4.57 Å². The topological polar surface area (TPSA) is 113 Å². The third-order valence-electron chi connectivity index (χ3n) is 7.63. The minimum Gasteiger partial charge on any atom is -0.481 e. The van der Waals surface area contributed by atoms with Crippen molar-refractivity contribution in [2.75, 3.05) is 0 Å². The van der Waals surface area contributed by atoms with E-state index in [2.05, 4.69) is 10.3 Å². The number of aliphatic carboxylic acids is 1. The molecule has 2 aromatic carbocycles. The van der Waals surface area contributed by atoms with Crippen LogP contribution in [0.15, 0.2) is 47.4 Å². The number of nitrogens with zero attached hydrogens (tertiary/aromatic N) is 1. The first-order valence-electron chi connectivity index (χ1n) is 13.3. The van der Waals surface area contributed by atoms with Gasteiger partial charge in [-0.2, -0.15) is 0 Å². The van der Waals surface area contributed by atoms with E-state index in [4.69, 9.17) is 16.3 Å². The number of carbonyl (C=O) groups is 2. The number of carboxylic acids is 1. The maximum absolute atomic E-state index is 13.1. The van der Waals surface area contributed by atoms with Gasteiger partial charge < -0.3 is 24.7 Å². The number of rotatable bonds is 6. The third kappa shape index (κ3) is 5.49. The van der Waals surface area contributed by atoms with Gasteiger partial charge in [0.05, 0.1) is 5.92 Å². The van der Waals surface area contributed by atoms with Gasteiger partial charge in [0.15, 0.2) is 0 Å². The molecule has 8 nitrogen and oxygen atoms in total. The molecule has 1 fully saturated rings. The summed E-state index contributed by atoms with van der Waals surface area (Å²) in [5, 5.41) is 13.5. The van der Waals surface area contributed by atoms with Gasteiger partial charge in [-0.1, -0.05) is 17.7 Å². The quantitative estimate of drug-likeness (QED) is 0.256. The van der Waals surface area contributed by atoms with E-state index >= 15 is 0 Å². The zero-order valence-electron chi connectivity index (χ0n) is 22.9. The summed E-state index contributed by atoms with van der Waals surface area (Å²) in [6.07, 6.45) is 4.04. The molecular formula is C31H32ClN3O5. The number of aromatic nitrogens is 2. The first-order valence-corrected chi connectivity index (χ1v) is 13.7. The zero-order chi connectivity index (χ0) is 28.7. The summed E-state index contributed by atoms with van der Waals surface area (Å²) in [5.74, 6) is -0.0695. The number of aromatic amines is 1. The SMILES string of the molecule is Cc1cc(Oc2c(C)cc(Cl)cc2C)cc(-c2cn(C)c(=O)c3[nH]c(C(=O)NC4CCC(C(=O)O)CC4)cc23)c1. The van der Waals surface area contributed by atoms with Crippen molar-refractivity contribution in [2.45, 2.75) is 52.5 Å². The summed E-state index contributed by atoms with van der Waals surface area (Å²) in [6, 6.07) is 11.2. The van der Waals surface area contributed by atoms with Crippen LogP contribution in [-0.2, 0) is 11.8 Å². The summed E-state index contributed by atoms with van der Waals surface area (Å²) < 4.78 is 7.82. The highest BCUT2D eigenvalue weighted by Gasteiger charge is 2.27. The van der Waals surface area contributed by atoms with Crippen molar-refractivity contribution in [3.05, 3.63) is 80.4 Å². The van der Waals surface area contributed by atoms with Crippen LogP contribution in [-0.4, -0.2) is 32.6 Å². The molecule has 0 radical (unpaired) electrons. The fourth-order valence-corrected chi connectivity index (χ4v) is 5.90. The average Bonchev–Trinajstić information content (AvgIpc) is 3.34. The number of aryl methyl sites for hydroxylation is 4. The molecular weight excluding hydrogens is 530 g/mol. The Balaban J connectivity index is 1.48. The number of benzene rings is 2. The monoisotopic (exact) mass is 561 g/mol. The summed E-state index contributed by atoms with van der Waals surface area (Å²) in [4.78, 5) is 40.5. The molecule has 5 rings (SSSR count). The van der Waals surface area contributed by atoms with Crippen LogP contribution in [0.3, 0.4) is 0 Å². The normalized spacial score (nSPS) is 17.1. The Bertz CT molecular complexity index is 1670. The molecule has 0 atom stereocenters. The van der Waals surface area contributed by atoms with Crippen LogP contribution in [0.4, 0.5) is 0 Å². The smallest absolute Gasteiger partial charge is 0.306 e. The Morgan fingerprint density at radius 2 is 1.70 bits per heavy atom. The number of H-pyrrole nitrogens is 1. The highest BCUT2D eigenvalue weighted by Crippen LogP contribution is 2.36. The predicted octanol–water partition coefficient (Wildman–Crippen LogP) is 6.28. The Labute approximate surface area is 236 Å². The molecule has 0 aliphatic heterocycles. The third-order valence-corrected chi connectivity index (χ3v) is 7.85. The molecule has 1 amide bonds. The van der Waals surface area contributed by atoms with Crippen LogP contribution in [0.1, 0.15) is 52.9 Å². The summed E-state index contributed by atoms with van der Waals surface area (Å²) >= 11 is 6.20. The number of hydrogen-bond acceptors (Lipinski definition) is 4. The maximum Gasteiger partial charge on any atom is 0.306 e. The molecule has 208 valence electrons.